The predicted molar refractivity (Wildman–Crippen MR) is 29.7 cm³/mol. The number of hydrogen-bond donors (Lipinski definition) is 0. The zero-order valence-corrected chi connectivity index (χ0v) is 5.02. The van der Waals surface area contributed by atoms with Gasteiger partial charge < -0.3 is 9.53 Å². The lowest BCUT2D eigenvalue weighted by Gasteiger charge is -2.34. The molecule has 0 atom stereocenters. The minimum atomic E-state index is -0.375. The van der Waals surface area contributed by atoms with Gasteiger partial charge in [0.15, 0.2) is 6.29 Å². The maximum absolute atomic E-state index is 10.2. The summed E-state index contributed by atoms with van der Waals surface area (Å²) in [6.45, 7) is 0. The Bertz CT molecular complexity index is 89.2. The number of rotatable bonds is 2. The minimum absolute atomic E-state index is 0.375. The van der Waals surface area contributed by atoms with Crippen molar-refractivity contribution in [1.29, 1.82) is 0 Å². The van der Waals surface area contributed by atoms with Gasteiger partial charge in [-0.2, -0.15) is 0 Å². The molecule has 0 bridgehead atoms. The number of aldehydes is 1. The summed E-state index contributed by atoms with van der Waals surface area (Å²) in [4.78, 5) is 10.2. The zero-order chi connectivity index (χ0) is 6.04. The zero-order valence-electron chi connectivity index (χ0n) is 5.02. The second kappa shape index (κ2) is 1.86. The average Bonchev–Trinajstić information content (AvgIpc) is 1.67. The van der Waals surface area contributed by atoms with Crippen LogP contribution in [0.5, 0.6) is 0 Å². The van der Waals surface area contributed by atoms with Crippen LogP contribution in [0, 0.1) is 0 Å². The van der Waals surface area contributed by atoms with Crippen LogP contribution in [-0.2, 0) is 9.53 Å². The molecule has 1 aliphatic carbocycles. The molecule has 1 rings (SSSR count). The lowest BCUT2D eigenvalue weighted by Crippen LogP contribution is -2.40. The number of methoxy groups -OCH3 is 1. The summed E-state index contributed by atoms with van der Waals surface area (Å²) in [5.74, 6) is 0. The van der Waals surface area contributed by atoms with Crippen LogP contribution in [0.1, 0.15) is 19.3 Å². The highest BCUT2D eigenvalue weighted by Crippen LogP contribution is 2.32. The summed E-state index contributed by atoms with van der Waals surface area (Å²) in [6.07, 6.45) is 3.86. The highest BCUT2D eigenvalue weighted by Gasteiger charge is 2.36. The molecule has 1 saturated carbocycles. The van der Waals surface area contributed by atoms with E-state index in [1.165, 1.54) is 0 Å². The van der Waals surface area contributed by atoms with Crippen molar-refractivity contribution in [1.82, 2.24) is 0 Å². The van der Waals surface area contributed by atoms with Crippen molar-refractivity contribution < 1.29 is 9.53 Å². The largest absolute Gasteiger partial charge is 0.371 e. The van der Waals surface area contributed by atoms with E-state index in [1.54, 1.807) is 7.11 Å². The lowest BCUT2D eigenvalue weighted by molar-refractivity contribution is -0.137. The van der Waals surface area contributed by atoms with Crippen LogP contribution in [-0.4, -0.2) is 19.0 Å². The summed E-state index contributed by atoms with van der Waals surface area (Å²) in [5.41, 5.74) is -0.375. The van der Waals surface area contributed by atoms with E-state index in [2.05, 4.69) is 0 Å². The fourth-order valence-corrected chi connectivity index (χ4v) is 0.895. The first-order chi connectivity index (χ1) is 3.83. The Labute approximate surface area is 48.8 Å². The third-order valence-corrected chi connectivity index (χ3v) is 1.82. The van der Waals surface area contributed by atoms with Crippen molar-refractivity contribution in [3.05, 3.63) is 0 Å². The monoisotopic (exact) mass is 114 g/mol. The summed E-state index contributed by atoms with van der Waals surface area (Å²) < 4.78 is 4.95. The van der Waals surface area contributed by atoms with Gasteiger partial charge in [0.25, 0.3) is 0 Å². The maximum Gasteiger partial charge on any atom is 0.151 e. The molecule has 0 unspecified atom stereocenters. The smallest absolute Gasteiger partial charge is 0.151 e. The molecule has 1 aliphatic rings. The number of carbonyl (C=O) groups excluding carboxylic acids is 1. The second-order valence-corrected chi connectivity index (χ2v) is 2.24. The molecule has 0 heterocycles. The molecular formula is C6H10O2. The van der Waals surface area contributed by atoms with Crippen LogP contribution >= 0.6 is 0 Å². The number of carbonyl (C=O) groups is 1. The van der Waals surface area contributed by atoms with Gasteiger partial charge in [-0.15, -0.1) is 0 Å². The molecule has 2 heteroatoms. The Balaban J connectivity index is 2.45. The Morgan fingerprint density at radius 1 is 1.62 bits per heavy atom. The van der Waals surface area contributed by atoms with Crippen LogP contribution in [0.15, 0.2) is 0 Å². The van der Waals surface area contributed by atoms with Gasteiger partial charge in [0.2, 0.25) is 0 Å². The molecular weight excluding hydrogens is 104 g/mol. The molecule has 0 spiro atoms. The van der Waals surface area contributed by atoms with Gasteiger partial charge in [-0.3, -0.25) is 0 Å². The molecule has 0 aromatic rings. The van der Waals surface area contributed by atoms with Gasteiger partial charge >= 0.3 is 0 Å². The number of hydrogen-bond acceptors (Lipinski definition) is 2. The van der Waals surface area contributed by atoms with E-state index in [1.807, 2.05) is 0 Å². The average molecular weight is 114 g/mol. The first kappa shape index (κ1) is 5.76. The molecule has 0 amide bonds. The fraction of sp³-hybridized carbons (Fsp3) is 0.833. The highest BCUT2D eigenvalue weighted by molar-refractivity contribution is 5.63. The van der Waals surface area contributed by atoms with E-state index < -0.39 is 0 Å². The van der Waals surface area contributed by atoms with Crippen LogP contribution in [0.3, 0.4) is 0 Å². The summed E-state index contributed by atoms with van der Waals surface area (Å²) in [6, 6.07) is 0. The van der Waals surface area contributed by atoms with Gasteiger partial charge in [-0.05, 0) is 19.3 Å². The minimum Gasteiger partial charge on any atom is -0.371 e. The highest BCUT2D eigenvalue weighted by atomic mass is 16.5. The first-order valence-corrected chi connectivity index (χ1v) is 2.84. The van der Waals surface area contributed by atoms with Gasteiger partial charge in [0, 0.05) is 7.11 Å². The maximum atomic E-state index is 10.2. The quantitative estimate of drug-likeness (QED) is 0.495. The van der Waals surface area contributed by atoms with Crippen molar-refractivity contribution in [2.45, 2.75) is 24.9 Å². The lowest BCUT2D eigenvalue weighted by atomic mass is 9.81. The normalized spacial score (nSPS) is 24.1. The molecule has 0 N–H and O–H groups in total. The van der Waals surface area contributed by atoms with Crippen molar-refractivity contribution >= 4 is 6.29 Å². The van der Waals surface area contributed by atoms with Crippen molar-refractivity contribution in [3.8, 4) is 0 Å². The topological polar surface area (TPSA) is 26.3 Å². The third kappa shape index (κ3) is 0.650. The molecule has 0 aliphatic heterocycles. The van der Waals surface area contributed by atoms with Gasteiger partial charge in [-0.1, -0.05) is 0 Å². The van der Waals surface area contributed by atoms with Gasteiger partial charge in [-0.25, -0.2) is 0 Å². The Hall–Kier alpha value is -0.370. The standard InChI is InChI=1S/C6H10O2/c1-8-6(5-7)3-2-4-6/h5H,2-4H2,1H3. The molecule has 0 aromatic heterocycles. The van der Waals surface area contributed by atoms with E-state index in [-0.39, 0.29) is 5.60 Å². The molecule has 46 valence electrons. The second-order valence-electron chi connectivity index (χ2n) is 2.24. The van der Waals surface area contributed by atoms with E-state index >= 15 is 0 Å². The van der Waals surface area contributed by atoms with Crippen molar-refractivity contribution in [3.63, 3.8) is 0 Å². The van der Waals surface area contributed by atoms with E-state index in [0.29, 0.717) is 0 Å². The van der Waals surface area contributed by atoms with Crippen molar-refractivity contribution in [2.75, 3.05) is 7.11 Å². The fourth-order valence-electron chi connectivity index (χ4n) is 0.895. The summed E-state index contributed by atoms with van der Waals surface area (Å²) in [5, 5.41) is 0. The van der Waals surface area contributed by atoms with E-state index in [0.717, 1.165) is 25.5 Å². The molecule has 1 fully saturated rings. The molecule has 0 saturated heterocycles. The first-order valence-electron chi connectivity index (χ1n) is 2.84. The molecule has 0 aromatic carbocycles. The Morgan fingerprint density at radius 2 is 2.25 bits per heavy atom. The van der Waals surface area contributed by atoms with Crippen molar-refractivity contribution in [2.24, 2.45) is 0 Å². The number of ether oxygens (including phenoxy) is 1. The molecule has 8 heavy (non-hydrogen) atoms. The molecule has 0 radical (unpaired) electrons. The molecule has 2 nitrogen and oxygen atoms in total. The third-order valence-electron chi connectivity index (χ3n) is 1.82. The van der Waals surface area contributed by atoms with E-state index in [4.69, 9.17) is 4.74 Å². The van der Waals surface area contributed by atoms with Gasteiger partial charge in [0.05, 0.1) is 0 Å². The predicted octanol–water partition coefficient (Wildman–Crippen LogP) is 0.754. The van der Waals surface area contributed by atoms with Crippen LogP contribution in [0.4, 0.5) is 0 Å². The van der Waals surface area contributed by atoms with E-state index in [9.17, 15) is 4.79 Å². The van der Waals surface area contributed by atoms with Crippen LogP contribution < -0.4 is 0 Å². The summed E-state index contributed by atoms with van der Waals surface area (Å²) >= 11 is 0. The Morgan fingerprint density at radius 3 is 2.25 bits per heavy atom. The Kier molecular flexibility index (Phi) is 1.34. The summed E-state index contributed by atoms with van der Waals surface area (Å²) in [7, 11) is 1.59. The SMILES string of the molecule is COC1(C=O)CCC1. The van der Waals surface area contributed by atoms with Gasteiger partial charge in [0.1, 0.15) is 5.60 Å². The van der Waals surface area contributed by atoms with Crippen LogP contribution in [0.2, 0.25) is 0 Å². The van der Waals surface area contributed by atoms with Crippen LogP contribution in [0.25, 0.3) is 0 Å².